The van der Waals surface area contributed by atoms with Crippen LogP contribution in [0.25, 0.3) is 0 Å². The standard InChI is InChI=1S/C11H14BrNO4/c12-9-4-2-1-3-8(9)10(17)13-11(5-14,6-15)7-16/h1-4,14-16H,5-7H2,(H,13,17). The fourth-order valence-corrected chi connectivity index (χ4v) is 1.69. The van der Waals surface area contributed by atoms with Crippen LogP contribution < -0.4 is 5.32 Å². The van der Waals surface area contributed by atoms with Gasteiger partial charge in [0.15, 0.2) is 0 Å². The van der Waals surface area contributed by atoms with Gasteiger partial charge in [-0.15, -0.1) is 0 Å². The molecule has 0 atom stereocenters. The molecule has 1 aromatic carbocycles. The Hall–Kier alpha value is -0.950. The zero-order chi connectivity index (χ0) is 12.9. The van der Waals surface area contributed by atoms with E-state index in [1.165, 1.54) is 0 Å². The summed E-state index contributed by atoms with van der Waals surface area (Å²) in [6.07, 6.45) is 0. The van der Waals surface area contributed by atoms with Gasteiger partial charge in [-0.05, 0) is 28.1 Å². The monoisotopic (exact) mass is 303 g/mol. The molecule has 0 aliphatic carbocycles. The van der Waals surface area contributed by atoms with Gasteiger partial charge in [-0.1, -0.05) is 12.1 Å². The Bertz CT molecular complexity index is 385. The van der Waals surface area contributed by atoms with Gasteiger partial charge in [-0.25, -0.2) is 0 Å². The molecule has 0 bridgehead atoms. The summed E-state index contributed by atoms with van der Waals surface area (Å²) in [5.74, 6) is -0.477. The fourth-order valence-electron chi connectivity index (χ4n) is 1.22. The number of carbonyl (C=O) groups excluding carboxylic acids is 1. The summed E-state index contributed by atoms with van der Waals surface area (Å²) in [7, 11) is 0. The molecule has 0 unspecified atom stereocenters. The maximum absolute atomic E-state index is 11.9. The van der Waals surface area contributed by atoms with E-state index in [1.807, 2.05) is 0 Å². The lowest BCUT2D eigenvalue weighted by Gasteiger charge is -2.28. The van der Waals surface area contributed by atoms with Gasteiger partial charge in [0.2, 0.25) is 0 Å². The molecule has 0 aromatic heterocycles. The molecule has 0 aliphatic rings. The molecular weight excluding hydrogens is 290 g/mol. The molecule has 0 aliphatic heterocycles. The smallest absolute Gasteiger partial charge is 0.253 e. The average Bonchev–Trinajstić information content (AvgIpc) is 2.36. The normalized spacial score (nSPS) is 11.3. The lowest BCUT2D eigenvalue weighted by molar-refractivity contribution is 0.0375. The van der Waals surface area contributed by atoms with Crippen molar-refractivity contribution in [2.75, 3.05) is 19.8 Å². The van der Waals surface area contributed by atoms with Gasteiger partial charge in [0.25, 0.3) is 5.91 Å². The van der Waals surface area contributed by atoms with Crippen molar-refractivity contribution in [2.24, 2.45) is 0 Å². The number of halogens is 1. The molecule has 17 heavy (non-hydrogen) atoms. The molecule has 6 heteroatoms. The second-order valence-electron chi connectivity index (χ2n) is 3.69. The van der Waals surface area contributed by atoms with Gasteiger partial charge in [0.1, 0.15) is 5.54 Å². The van der Waals surface area contributed by atoms with Gasteiger partial charge >= 0.3 is 0 Å². The Balaban J connectivity index is 2.89. The van der Waals surface area contributed by atoms with Crippen LogP contribution in [0.15, 0.2) is 28.7 Å². The quantitative estimate of drug-likeness (QED) is 0.611. The number of hydrogen-bond acceptors (Lipinski definition) is 4. The van der Waals surface area contributed by atoms with Gasteiger partial charge in [-0.2, -0.15) is 0 Å². The molecule has 94 valence electrons. The summed E-state index contributed by atoms with van der Waals surface area (Å²) in [6.45, 7) is -1.64. The fraction of sp³-hybridized carbons (Fsp3) is 0.364. The first-order valence-corrected chi connectivity index (χ1v) is 5.77. The minimum atomic E-state index is -1.41. The van der Waals surface area contributed by atoms with Crippen molar-refractivity contribution in [1.82, 2.24) is 5.32 Å². The van der Waals surface area contributed by atoms with E-state index in [0.717, 1.165) is 0 Å². The van der Waals surface area contributed by atoms with Crippen molar-refractivity contribution < 1.29 is 20.1 Å². The lowest BCUT2D eigenvalue weighted by Crippen LogP contribution is -2.57. The van der Waals surface area contributed by atoms with Crippen molar-refractivity contribution in [3.05, 3.63) is 34.3 Å². The molecule has 4 N–H and O–H groups in total. The van der Waals surface area contributed by atoms with Crippen LogP contribution in [0.5, 0.6) is 0 Å². The number of hydrogen-bond donors (Lipinski definition) is 4. The number of aliphatic hydroxyl groups excluding tert-OH is 3. The maximum atomic E-state index is 11.9. The highest BCUT2D eigenvalue weighted by Crippen LogP contribution is 2.16. The molecule has 0 saturated carbocycles. The van der Waals surface area contributed by atoms with Gasteiger partial charge < -0.3 is 20.6 Å². The highest BCUT2D eigenvalue weighted by atomic mass is 79.9. The number of rotatable bonds is 5. The Labute approximate surface area is 107 Å². The Morgan fingerprint density at radius 1 is 1.18 bits per heavy atom. The van der Waals surface area contributed by atoms with Crippen molar-refractivity contribution >= 4 is 21.8 Å². The summed E-state index contributed by atoms with van der Waals surface area (Å²) < 4.78 is 0.597. The Morgan fingerprint density at radius 2 is 1.71 bits per heavy atom. The second-order valence-corrected chi connectivity index (χ2v) is 4.54. The second kappa shape index (κ2) is 6.11. The van der Waals surface area contributed by atoms with E-state index in [4.69, 9.17) is 15.3 Å². The van der Waals surface area contributed by atoms with E-state index in [1.54, 1.807) is 24.3 Å². The lowest BCUT2D eigenvalue weighted by atomic mass is 10.0. The molecule has 0 fully saturated rings. The highest BCUT2D eigenvalue weighted by molar-refractivity contribution is 9.10. The molecule has 0 saturated heterocycles. The van der Waals surface area contributed by atoms with Crippen LogP contribution in [0, 0.1) is 0 Å². The molecule has 5 nitrogen and oxygen atoms in total. The van der Waals surface area contributed by atoms with Crippen molar-refractivity contribution in [3.8, 4) is 0 Å². The van der Waals surface area contributed by atoms with Crippen molar-refractivity contribution in [2.45, 2.75) is 5.54 Å². The molecule has 0 spiro atoms. The number of benzene rings is 1. The average molecular weight is 304 g/mol. The summed E-state index contributed by atoms with van der Waals surface area (Å²) in [4.78, 5) is 11.9. The van der Waals surface area contributed by atoms with Gasteiger partial charge in [0, 0.05) is 4.47 Å². The minimum Gasteiger partial charge on any atom is -0.394 e. The zero-order valence-electron chi connectivity index (χ0n) is 9.06. The largest absolute Gasteiger partial charge is 0.394 e. The van der Waals surface area contributed by atoms with Crippen LogP contribution >= 0.6 is 15.9 Å². The van der Waals surface area contributed by atoms with Crippen LogP contribution in [-0.2, 0) is 0 Å². The van der Waals surface area contributed by atoms with E-state index in [9.17, 15) is 4.79 Å². The van der Waals surface area contributed by atoms with Crippen LogP contribution in [-0.4, -0.2) is 46.6 Å². The number of nitrogens with one attached hydrogen (secondary N) is 1. The van der Waals surface area contributed by atoms with Gasteiger partial charge in [0.05, 0.1) is 25.4 Å². The summed E-state index contributed by atoms with van der Waals surface area (Å²) in [5, 5.41) is 29.7. The zero-order valence-corrected chi connectivity index (χ0v) is 10.6. The Kier molecular flexibility index (Phi) is 5.07. The third-order valence-electron chi connectivity index (χ3n) is 2.41. The van der Waals surface area contributed by atoms with Crippen molar-refractivity contribution in [1.29, 1.82) is 0 Å². The molecule has 0 heterocycles. The van der Waals surface area contributed by atoms with Crippen LogP contribution in [0.4, 0.5) is 0 Å². The highest BCUT2D eigenvalue weighted by Gasteiger charge is 2.30. The molecule has 0 radical (unpaired) electrons. The first-order chi connectivity index (χ1) is 8.08. The van der Waals surface area contributed by atoms with Crippen LogP contribution in [0.3, 0.4) is 0 Å². The predicted octanol–water partition coefficient (Wildman–Crippen LogP) is -0.105. The first-order valence-electron chi connectivity index (χ1n) is 4.98. The Morgan fingerprint density at radius 3 is 2.18 bits per heavy atom. The number of aliphatic hydroxyl groups is 3. The number of carbonyl (C=O) groups is 1. The van der Waals surface area contributed by atoms with E-state index in [0.29, 0.717) is 10.0 Å². The molecule has 1 rings (SSSR count). The SMILES string of the molecule is O=C(NC(CO)(CO)CO)c1ccccc1Br. The third kappa shape index (κ3) is 3.26. The van der Waals surface area contributed by atoms with Crippen LogP contribution in [0.1, 0.15) is 10.4 Å². The van der Waals surface area contributed by atoms with E-state index in [2.05, 4.69) is 21.2 Å². The van der Waals surface area contributed by atoms with Crippen LogP contribution in [0.2, 0.25) is 0 Å². The number of amides is 1. The maximum Gasteiger partial charge on any atom is 0.253 e. The van der Waals surface area contributed by atoms with Crippen molar-refractivity contribution in [3.63, 3.8) is 0 Å². The predicted molar refractivity (Wildman–Crippen MR) is 65.6 cm³/mol. The molecule has 1 aromatic rings. The summed E-state index contributed by atoms with van der Waals surface area (Å²) >= 11 is 3.22. The van der Waals surface area contributed by atoms with E-state index >= 15 is 0 Å². The van der Waals surface area contributed by atoms with Gasteiger partial charge in [-0.3, -0.25) is 4.79 Å². The molecular formula is C11H14BrNO4. The molecule has 1 amide bonds. The first kappa shape index (κ1) is 14.1. The summed E-state index contributed by atoms with van der Waals surface area (Å²) in [6, 6.07) is 6.75. The minimum absolute atomic E-state index is 0.368. The summed E-state index contributed by atoms with van der Waals surface area (Å²) in [5.41, 5.74) is -1.04. The third-order valence-corrected chi connectivity index (χ3v) is 3.10. The van der Waals surface area contributed by atoms with E-state index < -0.39 is 31.3 Å². The topological polar surface area (TPSA) is 89.8 Å². The van der Waals surface area contributed by atoms with E-state index in [-0.39, 0.29) is 0 Å².